The van der Waals surface area contributed by atoms with Crippen molar-refractivity contribution < 1.29 is 14.4 Å². The van der Waals surface area contributed by atoms with Crippen molar-refractivity contribution in [3.05, 3.63) is 34.9 Å². The second kappa shape index (κ2) is 6.26. The van der Waals surface area contributed by atoms with Gasteiger partial charge in [-0.05, 0) is 42.4 Å². The number of hydrogen-bond donors (Lipinski definition) is 0. The largest absolute Gasteiger partial charge is 0.324 e. The standard InChI is InChI=1S/C19H23NO3/c1-12(2)9-13-5-3-7-15-16(13)11-20(19(15)23)17-8-4-6-14(21)10-18(17)22/h3,5,7,12,17H,4,6,8-11H2,1-2H3/t17-/m0/s1. The molecule has 23 heavy (non-hydrogen) atoms. The lowest BCUT2D eigenvalue weighted by Crippen LogP contribution is -2.41. The first-order chi connectivity index (χ1) is 11.0. The number of amides is 1. The molecule has 1 amide bonds. The van der Waals surface area contributed by atoms with Crippen molar-refractivity contribution in [2.45, 2.75) is 58.5 Å². The van der Waals surface area contributed by atoms with Crippen LogP contribution in [0.1, 0.15) is 61.0 Å². The second-order valence-corrected chi connectivity index (χ2v) is 7.06. The highest BCUT2D eigenvalue weighted by atomic mass is 16.2. The summed E-state index contributed by atoms with van der Waals surface area (Å²) in [6.45, 7) is 4.82. The number of hydrogen-bond acceptors (Lipinski definition) is 3. The van der Waals surface area contributed by atoms with E-state index in [2.05, 4.69) is 19.9 Å². The van der Waals surface area contributed by atoms with E-state index >= 15 is 0 Å². The van der Waals surface area contributed by atoms with Gasteiger partial charge in [0, 0.05) is 18.5 Å². The molecule has 1 aliphatic heterocycles. The lowest BCUT2D eigenvalue weighted by atomic mass is 9.96. The van der Waals surface area contributed by atoms with Gasteiger partial charge in [0.25, 0.3) is 5.91 Å². The molecule has 2 aliphatic rings. The van der Waals surface area contributed by atoms with Crippen LogP contribution in [0.5, 0.6) is 0 Å². The van der Waals surface area contributed by atoms with Crippen LogP contribution in [0.4, 0.5) is 0 Å². The molecule has 0 aromatic heterocycles. The fourth-order valence-corrected chi connectivity index (χ4v) is 3.69. The van der Waals surface area contributed by atoms with Gasteiger partial charge in [-0.15, -0.1) is 0 Å². The topological polar surface area (TPSA) is 54.5 Å². The maximum atomic E-state index is 12.8. The highest BCUT2D eigenvalue weighted by Crippen LogP contribution is 2.31. The highest BCUT2D eigenvalue weighted by molar-refractivity contribution is 6.06. The molecule has 1 heterocycles. The second-order valence-electron chi connectivity index (χ2n) is 7.06. The Hall–Kier alpha value is -1.97. The van der Waals surface area contributed by atoms with Crippen molar-refractivity contribution in [2.24, 2.45) is 5.92 Å². The number of carbonyl (C=O) groups excluding carboxylic acids is 3. The molecular weight excluding hydrogens is 290 g/mol. The van der Waals surface area contributed by atoms with Crippen LogP contribution in [0.25, 0.3) is 0 Å². The number of ketones is 2. The van der Waals surface area contributed by atoms with Crippen LogP contribution >= 0.6 is 0 Å². The maximum Gasteiger partial charge on any atom is 0.255 e. The molecule has 4 heteroatoms. The van der Waals surface area contributed by atoms with E-state index in [1.165, 1.54) is 5.56 Å². The zero-order valence-electron chi connectivity index (χ0n) is 13.8. The maximum absolute atomic E-state index is 12.8. The molecule has 0 spiro atoms. The van der Waals surface area contributed by atoms with Crippen LogP contribution in [0.3, 0.4) is 0 Å². The van der Waals surface area contributed by atoms with Crippen molar-refractivity contribution in [1.29, 1.82) is 0 Å². The van der Waals surface area contributed by atoms with Crippen molar-refractivity contribution in [3.63, 3.8) is 0 Å². The molecule has 0 bridgehead atoms. The fourth-order valence-electron chi connectivity index (χ4n) is 3.69. The smallest absolute Gasteiger partial charge is 0.255 e. The van der Waals surface area contributed by atoms with Gasteiger partial charge in [-0.2, -0.15) is 0 Å². The molecule has 122 valence electrons. The molecule has 0 saturated heterocycles. The lowest BCUT2D eigenvalue weighted by Gasteiger charge is -2.25. The summed E-state index contributed by atoms with van der Waals surface area (Å²) in [6, 6.07) is 5.42. The third-order valence-corrected chi connectivity index (χ3v) is 4.77. The third kappa shape index (κ3) is 3.07. The van der Waals surface area contributed by atoms with E-state index in [1.54, 1.807) is 4.90 Å². The fraction of sp³-hybridized carbons (Fsp3) is 0.526. The minimum absolute atomic E-state index is 0.00200. The van der Waals surface area contributed by atoms with Gasteiger partial charge in [0.2, 0.25) is 0 Å². The van der Waals surface area contributed by atoms with Gasteiger partial charge in [0.1, 0.15) is 5.78 Å². The van der Waals surface area contributed by atoms with Crippen LogP contribution in [0.15, 0.2) is 18.2 Å². The molecule has 0 unspecified atom stereocenters. The van der Waals surface area contributed by atoms with E-state index in [4.69, 9.17) is 0 Å². The zero-order chi connectivity index (χ0) is 16.6. The summed E-state index contributed by atoms with van der Waals surface area (Å²) < 4.78 is 0. The number of nitrogens with zero attached hydrogens (tertiary/aromatic N) is 1. The Morgan fingerprint density at radius 3 is 2.74 bits per heavy atom. The number of benzene rings is 1. The van der Waals surface area contributed by atoms with Gasteiger partial charge in [0.15, 0.2) is 5.78 Å². The van der Waals surface area contributed by atoms with Crippen LogP contribution in [-0.2, 0) is 22.6 Å². The Morgan fingerprint density at radius 1 is 1.22 bits per heavy atom. The van der Waals surface area contributed by atoms with Crippen LogP contribution in [0.2, 0.25) is 0 Å². The van der Waals surface area contributed by atoms with Crippen LogP contribution < -0.4 is 0 Å². The zero-order valence-corrected chi connectivity index (χ0v) is 13.8. The average molecular weight is 313 g/mol. The molecule has 1 aromatic carbocycles. The number of fused-ring (bicyclic) bond motifs is 1. The first-order valence-corrected chi connectivity index (χ1v) is 8.43. The SMILES string of the molecule is CC(C)Cc1cccc2c1CN([C@H]1CCCC(=O)CC1=O)C2=O. The summed E-state index contributed by atoms with van der Waals surface area (Å²) in [4.78, 5) is 38.4. The van der Waals surface area contributed by atoms with Crippen molar-refractivity contribution >= 4 is 17.5 Å². The van der Waals surface area contributed by atoms with E-state index in [0.29, 0.717) is 31.7 Å². The molecule has 1 aliphatic carbocycles. The highest BCUT2D eigenvalue weighted by Gasteiger charge is 2.38. The van der Waals surface area contributed by atoms with E-state index < -0.39 is 6.04 Å². The minimum atomic E-state index is -0.437. The normalized spacial score (nSPS) is 21.8. The molecule has 4 nitrogen and oxygen atoms in total. The van der Waals surface area contributed by atoms with E-state index in [0.717, 1.165) is 17.5 Å². The van der Waals surface area contributed by atoms with Gasteiger partial charge in [-0.25, -0.2) is 0 Å². The molecular formula is C19H23NO3. The molecule has 1 atom stereocenters. The molecule has 3 rings (SSSR count). The van der Waals surface area contributed by atoms with E-state index in [1.807, 2.05) is 12.1 Å². The molecule has 0 N–H and O–H groups in total. The first-order valence-electron chi connectivity index (χ1n) is 8.43. The Labute approximate surface area is 136 Å². The summed E-state index contributed by atoms with van der Waals surface area (Å²) in [5, 5.41) is 0. The number of carbonyl (C=O) groups is 3. The summed E-state index contributed by atoms with van der Waals surface area (Å²) in [5.74, 6) is 0.363. The van der Waals surface area contributed by atoms with Gasteiger partial charge in [0.05, 0.1) is 12.5 Å². The third-order valence-electron chi connectivity index (χ3n) is 4.77. The number of Topliss-reactive ketones (excluding diaryl/α,β-unsaturated/α-hetero) is 2. The predicted octanol–water partition coefficient (Wildman–Crippen LogP) is 2.92. The minimum Gasteiger partial charge on any atom is -0.324 e. The monoisotopic (exact) mass is 313 g/mol. The summed E-state index contributed by atoms with van der Waals surface area (Å²) in [7, 11) is 0. The predicted molar refractivity (Wildman–Crippen MR) is 87.1 cm³/mol. The summed E-state index contributed by atoms with van der Waals surface area (Å²) in [6.07, 6.45) is 2.65. The molecule has 1 aromatic rings. The molecule has 0 radical (unpaired) electrons. The van der Waals surface area contributed by atoms with Gasteiger partial charge in [-0.1, -0.05) is 26.0 Å². The Kier molecular flexibility index (Phi) is 4.33. The van der Waals surface area contributed by atoms with Crippen molar-refractivity contribution in [3.8, 4) is 0 Å². The molecule has 1 fully saturated rings. The Balaban J connectivity index is 1.88. The summed E-state index contributed by atoms with van der Waals surface area (Å²) >= 11 is 0. The van der Waals surface area contributed by atoms with Crippen molar-refractivity contribution in [1.82, 2.24) is 4.90 Å². The average Bonchev–Trinajstić information content (AvgIpc) is 2.71. The molecule has 1 saturated carbocycles. The van der Waals surface area contributed by atoms with Crippen LogP contribution in [0, 0.1) is 5.92 Å². The number of rotatable bonds is 3. The van der Waals surface area contributed by atoms with Crippen LogP contribution in [-0.4, -0.2) is 28.4 Å². The van der Waals surface area contributed by atoms with Gasteiger partial charge >= 0.3 is 0 Å². The lowest BCUT2D eigenvalue weighted by molar-refractivity contribution is -0.128. The summed E-state index contributed by atoms with van der Waals surface area (Å²) in [5.41, 5.74) is 2.99. The Morgan fingerprint density at radius 2 is 2.00 bits per heavy atom. The van der Waals surface area contributed by atoms with E-state index in [-0.39, 0.29) is 23.9 Å². The van der Waals surface area contributed by atoms with Gasteiger partial charge in [-0.3, -0.25) is 14.4 Å². The van der Waals surface area contributed by atoms with Crippen molar-refractivity contribution in [2.75, 3.05) is 0 Å². The first kappa shape index (κ1) is 15.9. The quantitative estimate of drug-likeness (QED) is 0.637. The van der Waals surface area contributed by atoms with Gasteiger partial charge < -0.3 is 4.90 Å². The Bertz CT molecular complexity index is 663. The van der Waals surface area contributed by atoms with E-state index in [9.17, 15) is 14.4 Å².